The standard InChI is InChI=1S/C13H25N5/c1-13(2,18-6-4-5-7-18)12(16-14)8-11-9-15-17(3)10-11/h9-10,12,16H,4-8,14H2,1-3H3. The van der Waals surface area contributed by atoms with E-state index in [0.717, 1.165) is 6.42 Å². The Morgan fingerprint density at radius 3 is 2.61 bits per heavy atom. The van der Waals surface area contributed by atoms with Gasteiger partial charge in [0.2, 0.25) is 0 Å². The van der Waals surface area contributed by atoms with Gasteiger partial charge < -0.3 is 0 Å². The van der Waals surface area contributed by atoms with Crippen LogP contribution in [0.1, 0.15) is 32.3 Å². The molecule has 1 aromatic heterocycles. The minimum absolute atomic E-state index is 0.0705. The SMILES string of the molecule is Cn1cc(CC(NN)C(C)(C)N2CCCC2)cn1. The van der Waals surface area contributed by atoms with Gasteiger partial charge in [0.15, 0.2) is 0 Å². The molecule has 2 heterocycles. The Hall–Kier alpha value is -0.910. The Kier molecular flexibility index (Phi) is 4.04. The molecule has 5 heteroatoms. The number of aryl methyl sites for hydroxylation is 1. The van der Waals surface area contributed by atoms with E-state index in [9.17, 15) is 0 Å². The number of hydrazine groups is 1. The molecule has 3 N–H and O–H groups in total. The quantitative estimate of drug-likeness (QED) is 0.596. The average molecular weight is 251 g/mol. The van der Waals surface area contributed by atoms with Crippen LogP contribution in [0.25, 0.3) is 0 Å². The summed E-state index contributed by atoms with van der Waals surface area (Å²) in [7, 11) is 1.94. The molecule has 5 nitrogen and oxygen atoms in total. The second kappa shape index (κ2) is 5.38. The summed E-state index contributed by atoms with van der Waals surface area (Å²) in [5.74, 6) is 5.78. The van der Waals surface area contributed by atoms with Crippen LogP contribution in [0.2, 0.25) is 0 Å². The summed E-state index contributed by atoms with van der Waals surface area (Å²) < 4.78 is 1.84. The van der Waals surface area contributed by atoms with E-state index in [1.54, 1.807) is 0 Å². The first-order chi connectivity index (χ1) is 8.54. The van der Waals surface area contributed by atoms with Crippen molar-refractivity contribution in [3.63, 3.8) is 0 Å². The fraction of sp³-hybridized carbons (Fsp3) is 0.769. The van der Waals surface area contributed by atoms with Crippen LogP contribution < -0.4 is 11.3 Å². The normalized spacial score (nSPS) is 19.3. The van der Waals surface area contributed by atoms with E-state index in [-0.39, 0.29) is 11.6 Å². The van der Waals surface area contributed by atoms with Crippen molar-refractivity contribution in [2.45, 2.75) is 44.7 Å². The van der Waals surface area contributed by atoms with Crippen molar-refractivity contribution in [3.8, 4) is 0 Å². The van der Waals surface area contributed by atoms with E-state index in [4.69, 9.17) is 5.84 Å². The highest BCUT2D eigenvalue weighted by molar-refractivity contribution is 5.09. The van der Waals surface area contributed by atoms with Gasteiger partial charge in [-0.05, 0) is 51.8 Å². The minimum atomic E-state index is 0.0705. The van der Waals surface area contributed by atoms with E-state index in [1.165, 1.54) is 31.5 Å². The first-order valence-electron chi connectivity index (χ1n) is 6.72. The lowest BCUT2D eigenvalue weighted by molar-refractivity contribution is 0.106. The molecule has 1 unspecified atom stereocenters. The molecule has 0 bridgehead atoms. The zero-order chi connectivity index (χ0) is 13.2. The highest BCUT2D eigenvalue weighted by Gasteiger charge is 2.36. The molecule has 1 aliphatic rings. The number of hydrogen-bond donors (Lipinski definition) is 2. The van der Waals surface area contributed by atoms with Gasteiger partial charge in [0.05, 0.1) is 6.20 Å². The monoisotopic (exact) mass is 251 g/mol. The summed E-state index contributed by atoms with van der Waals surface area (Å²) in [5, 5.41) is 4.22. The Balaban J connectivity index is 2.06. The summed E-state index contributed by atoms with van der Waals surface area (Å²) in [6.07, 6.45) is 7.49. The van der Waals surface area contributed by atoms with Crippen LogP contribution in [0.5, 0.6) is 0 Å². The smallest absolute Gasteiger partial charge is 0.0522 e. The van der Waals surface area contributed by atoms with Crippen molar-refractivity contribution in [2.75, 3.05) is 13.1 Å². The molecular weight excluding hydrogens is 226 g/mol. The molecule has 1 fully saturated rings. The third kappa shape index (κ3) is 2.74. The summed E-state index contributed by atoms with van der Waals surface area (Å²) in [5.41, 5.74) is 4.30. The van der Waals surface area contributed by atoms with Crippen LogP contribution in [0, 0.1) is 0 Å². The summed E-state index contributed by atoms with van der Waals surface area (Å²) >= 11 is 0. The highest BCUT2D eigenvalue weighted by Crippen LogP contribution is 2.25. The van der Waals surface area contributed by atoms with Crippen LogP contribution in [0.15, 0.2) is 12.4 Å². The third-order valence-electron chi connectivity index (χ3n) is 4.17. The highest BCUT2D eigenvalue weighted by atomic mass is 15.3. The first-order valence-corrected chi connectivity index (χ1v) is 6.72. The number of rotatable bonds is 5. The Labute approximate surface area is 109 Å². The van der Waals surface area contributed by atoms with Crippen molar-refractivity contribution < 1.29 is 0 Å². The lowest BCUT2D eigenvalue weighted by Gasteiger charge is -2.41. The van der Waals surface area contributed by atoms with Crippen LogP contribution in [-0.4, -0.2) is 39.4 Å². The molecule has 1 aliphatic heterocycles. The zero-order valence-corrected chi connectivity index (χ0v) is 11.7. The van der Waals surface area contributed by atoms with Gasteiger partial charge in [-0.25, -0.2) is 0 Å². The predicted molar refractivity (Wildman–Crippen MR) is 72.9 cm³/mol. The number of likely N-dealkylation sites (tertiary alicyclic amines) is 1. The van der Waals surface area contributed by atoms with Crippen molar-refractivity contribution in [3.05, 3.63) is 18.0 Å². The van der Waals surface area contributed by atoms with Gasteiger partial charge in [0, 0.05) is 24.8 Å². The maximum atomic E-state index is 5.78. The molecule has 1 atom stereocenters. The number of nitrogens with zero attached hydrogens (tertiary/aromatic N) is 3. The van der Waals surface area contributed by atoms with Crippen LogP contribution in [0.3, 0.4) is 0 Å². The second-order valence-electron chi connectivity index (χ2n) is 5.79. The number of aromatic nitrogens is 2. The van der Waals surface area contributed by atoms with Gasteiger partial charge in [-0.1, -0.05) is 0 Å². The molecule has 0 spiro atoms. The molecule has 0 radical (unpaired) electrons. The fourth-order valence-electron chi connectivity index (χ4n) is 2.84. The summed E-state index contributed by atoms with van der Waals surface area (Å²) in [6, 6.07) is 0.236. The Bertz CT molecular complexity index is 378. The Morgan fingerprint density at radius 2 is 2.11 bits per heavy atom. The number of nitrogens with one attached hydrogen (secondary N) is 1. The van der Waals surface area contributed by atoms with E-state index in [0.29, 0.717) is 0 Å². The maximum Gasteiger partial charge on any atom is 0.0522 e. The molecule has 1 saturated heterocycles. The molecule has 102 valence electrons. The predicted octanol–water partition coefficient (Wildman–Crippen LogP) is 0.669. The van der Waals surface area contributed by atoms with Crippen molar-refractivity contribution in [2.24, 2.45) is 12.9 Å². The molecule has 2 rings (SSSR count). The maximum absolute atomic E-state index is 5.78. The van der Waals surface area contributed by atoms with Crippen LogP contribution in [0.4, 0.5) is 0 Å². The number of nitrogens with two attached hydrogens (primary N) is 1. The molecule has 1 aromatic rings. The topological polar surface area (TPSA) is 59.1 Å². The lowest BCUT2D eigenvalue weighted by atomic mass is 9.89. The van der Waals surface area contributed by atoms with E-state index in [1.807, 2.05) is 17.9 Å². The van der Waals surface area contributed by atoms with E-state index < -0.39 is 0 Å². The van der Waals surface area contributed by atoms with Gasteiger partial charge in [0.25, 0.3) is 0 Å². The molecular formula is C13H25N5. The largest absolute Gasteiger partial charge is 0.297 e. The summed E-state index contributed by atoms with van der Waals surface area (Å²) in [4.78, 5) is 2.54. The molecule has 0 amide bonds. The lowest BCUT2D eigenvalue weighted by Crippen LogP contribution is -2.59. The molecule has 0 saturated carbocycles. The molecule has 0 aliphatic carbocycles. The van der Waals surface area contributed by atoms with Gasteiger partial charge in [-0.3, -0.25) is 20.9 Å². The number of hydrogen-bond acceptors (Lipinski definition) is 4. The Morgan fingerprint density at radius 1 is 1.44 bits per heavy atom. The van der Waals surface area contributed by atoms with E-state index >= 15 is 0 Å². The molecule has 18 heavy (non-hydrogen) atoms. The summed E-state index contributed by atoms with van der Waals surface area (Å²) in [6.45, 7) is 6.91. The van der Waals surface area contributed by atoms with Crippen molar-refractivity contribution in [1.82, 2.24) is 20.1 Å². The average Bonchev–Trinajstić information content (AvgIpc) is 2.96. The molecule has 0 aromatic carbocycles. The first kappa shape index (κ1) is 13.5. The third-order valence-corrected chi connectivity index (χ3v) is 4.17. The van der Waals surface area contributed by atoms with Gasteiger partial charge in [-0.15, -0.1) is 0 Å². The minimum Gasteiger partial charge on any atom is -0.297 e. The zero-order valence-electron chi connectivity index (χ0n) is 11.7. The van der Waals surface area contributed by atoms with Crippen molar-refractivity contribution in [1.29, 1.82) is 0 Å². The van der Waals surface area contributed by atoms with Crippen molar-refractivity contribution >= 4 is 0 Å². The van der Waals surface area contributed by atoms with E-state index in [2.05, 4.69) is 35.5 Å². The van der Waals surface area contributed by atoms with Crippen LogP contribution in [-0.2, 0) is 13.5 Å². The van der Waals surface area contributed by atoms with Gasteiger partial charge >= 0.3 is 0 Å². The van der Waals surface area contributed by atoms with Crippen LogP contribution >= 0.6 is 0 Å². The fourth-order valence-corrected chi connectivity index (χ4v) is 2.84. The second-order valence-corrected chi connectivity index (χ2v) is 5.79. The van der Waals surface area contributed by atoms with Gasteiger partial charge in [-0.2, -0.15) is 5.10 Å². The van der Waals surface area contributed by atoms with Gasteiger partial charge in [0.1, 0.15) is 0 Å².